The SMILES string of the molecule is O=C(O)c1cc2n(n1)CCCN2c1ccccc1. The highest BCUT2D eigenvalue weighted by molar-refractivity contribution is 5.86. The number of carboxylic acid groups (broad SMARTS) is 1. The van der Waals surface area contributed by atoms with Gasteiger partial charge in [-0.3, -0.25) is 0 Å². The van der Waals surface area contributed by atoms with E-state index in [4.69, 9.17) is 5.11 Å². The molecule has 5 heteroatoms. The highest BCUT2D eigenvalue weighted by Gasteiger charge is 2.22. The molecule has 1 aromatic heterocycles. The number of nitrogens with zero attached hydrogens (tertiary/aromatic N) is 3. The lowest BCUT2D eigenvalue weighted by Crippen LogP contribution is -2.27. The molecule has 5 nitrogen and oxygen atoms in total. The molecule has 0 fully saturated rings. The molecule has 1 N–H and O–H groups in total. The molecule has 0 saturated heterocycles. The number of aromatic carboxylic acids is 1. The van der Waals surface area contributed by atoms with Crippen molar-refractivity contribution in [3.05, 3.63) is 42.1 Å². The van der Waals surface area contributed by atoms with Crippen molar-refractivity contribution in [3.63, 3.8) is 0 Å². The summed E-state index contributed by atoms with van der Waals surface area (Å²) in [5.74, 6) is -0.130. The van der Waals surface area contributed by atoms with Gasteiger partial charge in [-0.25, -0.2) is 9.48 Å². The van der Waals surface area contributed by atoms with E-state index in [-0.39, 0.29) is 5.69 Å². The number of aromatic nitrogens is 2. The summed E-state index contributed by atoms with van der Waals surface area (Å²) in [7, 11) is 0. The topological polar surface area (TPSA) is 58.4 Å². The lowest BCUT2D eigenvalue weighted by molar-refractivity contribution is 0.0689. The molecule has 0 radical (unpaired) electrons. The first-order valence-electron chi connectivity index (χ1n) is 5.89. The maximum Gasteiger partial charge on any atom is 0.356 e. The number of carboxylic acids is 1. The van der Waals surface area contributed by atoms with Gasteiger partial charge in [0.2, 0.25) is 0 Å². The zero-order chi connectivity index (χ0) is 12.5. The zero-order valence-corrected chi connectivity index (χ0v) is 9.78. The van der Waals surface area contributed by atoms with Gasteiger partial charge in [0.25, 0.3) is 0 Å². The van der Waals surface area contributed by atoms with Gasteiger partial charge in [0, 0.05) is 24.8 Å². The Morgan fingerprint density at radius 2 is 2.00 bits per heavy atom. The summed E-state index contributed by atoms with van der Waals surface area (Å²) in [6, 6.07) is 11.6. The van der Waals surface area contributed by atoms with Crippen molar-refractivity contribution in [2.75, 3.05) is 11.4 Å². The molecule has 0 saturated carbocycles. The highest BCUT2D eigenvalue weighted by Crippen LogP contribution is 2.29. The predicted molar refractivity (Wildman–Crippen MR) is 67.3 cm³/mol. The van der Waals surface area contributed by atoms with E-state index in [1.807, 2.05) is 30.3 Å². The van der Waals surface area contributed by atoms with Gasteiger partial charge in [0.05, 0.1) is 0 Å². The molecule has 0 spiro atoms. The summed E-state index contributed by atoms with van der Waals surface area (Å²) < 4.78 is 1.76. The molecule has 0 unspecified atom stereocenters. The number of rotatable bonds is 2. The molecule has 3 rings (SSSR count). The Morgan fingerprint density at radius 3 is 2.72 bits per heavy atom. The Hall–Kier alpha value is -2.30. The van der Waals surface area contributed by atoms with Crippen molar-refractivity contribution in [2.45, 2.75) is 13.0 Å². The number of benzene rings is 1. The number of para-hydroxylation sites is 1. The Bertz CT molecular complexity index is 577. The van der Waals surface area contributed by atoms with Crippen molar-refractivity contribution in [1.82, 2.24) is 9.78 Å². The Kier molecular flexibility index (Phi) is 2.51. The molecule has 0 atom stereocenters. The smallest absolute Gasteiger partial charge is 0.356 e. The maximum atomic E-state index is 11.0. The lowest BCUT2D eigenvalue weighted by Gasteiger charge is -2.29. The molecule has 1 aliphatic heterocycles. The first-order valence-corrected chi connectivity index (χ1v) is 5.89. The molecule has 18 heavy (non-hydrogen) atoms. The largest absolute Gasteiger partial charge is 0.476 e. The second kappa shape index (κ2) is 4.18. The van der Waals surface area contributed by atoms with Crippen LogP contribution in [0.4, 0.5) is 11.5 Å². The van der Waals surface area contributed by atoms with E-state index in [9.17, 15) is 4.79 Å². The molecular formula is C13H13N3O2. The second-order valence-corrected chi connectivity index (χ2v) is 4.26. The molecule has 1 aromatic carbocycles. The third-order valence-electron chi connectivity index (χ3n) is 3.07. The van der Waals surface area contributed by atoms with E-state index >= 15 is 0 Å². The Balaban J connectivity index is 2.04. The number of anilines is 2. The summed E-state index contributed by atoms with van der Waals surface area (Å²) in [4.78, 5) is 13.1. The van der Waals surface area contributed by atoms with Crippen LogP contribution in [0.3, 0.4) is 0 Å². The summed E-state index contributed by atoms with van der Waals surface area (Å²) >= 11 is 0. The van der Waals surface area contributed by atoms with Crippen LogP contribution in [0.25, 0.3) is 0 Å². The van der Waals surface area contributed by atoms with Crippen molar-refractivity contribution < 1.29 is 9.90 Å². The van der Waals surface area contributed by atoms with Gasteiger partial charge < -0.3 is 10.0 Å². The molecule has 0 bridgehead atoms. The van der Waals surface area contributed by atoms with Crippen LogP contribution in [0.2, 0.25) is 0 Å². The van der Waals surface area contributed by atoms with E-state index in [1.54, 1.807) is 10.7 Å². The van der Waals surface area contributed by atoms with Gasteiger partial charge in [-0.05, 0) is 18.6 Å². The van der Waals surface area contributed by atoms with E-state index < -0.39 is 5.97 Å². The van der Waals surface area contributed by atoms with Crippen LogP contribution in [-0.2, 0) is 6.54 Å². The van der Waals surface area contributed by atoms with Crippen LogP contribution >= 0.6 is 0 Å². The normalized spacial score (nSPS) is 14.3. The standard InChI is InChI=1S/C13H13N3O2/c17-13(18)11-9-12-15(7-4-8-16(12)14-11)10-5-2-1-3-6-10/h1-3,5-6,9H,4,7-8H2,(H,17,18). The van der Waals surface area contributed by atoms with E-state index in [0.717, 1.165) is 31.0 Å². The molecule has 0 aliphatic carbocycles. The van der Waals surface area contributed by atoms with Crippen LogP contribution < -0.4 is 4.90 Å². The van der Waals surface area contributed by atoms with Gasteiger partial charge >= 0.3 is 5.97 Å². The fraction of sp³-hybridized carbons (Fsp3) is 0.231. The number of aryl methyl sites for hydroxylation is 1. The van der Waals surface area contributed by atoms with E-state index in [1.165, 1.54) is 0 Å². The van der Waals surface area contributed by atoms with Crippen molar-refractivity contribution in [1.29, 1.82) is 0 Å². The van der Waals surface area contributed by atoms with E-state index in [0.29, 0.717) is 0 Å². The quantitative estimate of drug-likeness (QED) is 0.877. The fourth-order valence-electron chi connectivity index (χ4n) is 2.26. The van der Waals surface area contributed by atoms with Gasteiger partial charge in [0.1, 0.15) is 5.82 Å². The summed E-state index contributed by atoms with van der Waals surface area (Å²) in [6.07, 6.45) is 0.961. The average Bonchev–Trinajstić information content (AvgIpc) is 2.83. The number of hydrogen-bond acceptors (Lipinski definition) is 3. The lowest BCUT2D eigenvalue weighted by atomic mass is 10.2. The Morgan fingerprint density at radius 1 is 1.22 bits per heavy atom. The minimum atomic E-state index is -0.982. The van der Waals surface area contributed by atoms with E-state index in [2.05, 4.69) is 10.00 Å². The highest BCUT2D eigenvalue weighted by atomic mass is 16.4. The van der Waals surface area contributed by atoms with Crippen LogP contribution in [0.1, 0.15) is 16.9 Å². The summed E-state index contributed by atoms with van der Waals surface area (Å²) in [5.41, 5.74) is 1.17. The number of hydrogen-bond donors (Lipinski definition) is 1. The van der Waals surface area contributed by atoms with Crippen LogP contribution in [0.15, 0.2) is 36.4 Å². The summed E-state index contributed by atoms with van der Waals surface area (Å²) in [5, 5.41) is 13.1. The van der Waals surface area contributed by atoms with Crippen LogP contribution in [0, 0.1) is 0 Å². The first kappa shape index (κ1) is 10.8. The maximum absolute atomic E-state index is 11.0. The number of carbonyl (C=O) groups is 1. The third kappa shape index (κ3) is 1.73. The van der Waals surface area contributed by atoms with Gasteiger partial charge in [-0.2, -0.15) is 5.10 Å². The van der Waals surface area contributed by atoms with Gasteiger partial charge in [-0.15, -0.1) is 0 Å². The molecule has 1 aliphatic rings. The second-order valence-electron chi connectivity index (χ2n) is 4.26. The Labute approximate surface area is 104 Å². The zero-order valence-electron chi connectivity index (χ0n) is 9.78. The molecule has 0 amide bonds. The van der Waals surface area contributed by atoms with Crippen LogP contribution in [-0.4, -0.2) is 27.4 Å². The van der Waals surface area contributed by atoms with Gasteiger partial charge in [0.15, 0.2) is 5.69 Å². The minimum absolute atomic E-state index is 0.104. The van der Waals surface area contributed by atoms with Crippen molar-refractivity contribution in [3.8, 4) is 0 Å². The first-order chi connectivity index (χ1) is 8.75. The molecule has 2 aromatic rings. The summed E-state index contributed by atoms with van der Waals surface area (Å²) in [6.45, 7) is 1.65. The minimum Gasteiger partial charge on any atom is -0.476 e. The van der Waals surface area contributed by atoms with Gasteiger partial charge in [-0.1, -0.05) is 18.2 Å². The monoisotopic (exact) mass is 243 g/mol. The molecular weight excluding hydrogens is 230 g/mol. The number of fused-ring (bicyclic) bond motifs is 1. The van der Waals surface area contributed by atoms with Crippen molar-refractivity contribution in [2.24, 2.45) is 0 Å². The predicted octanol–water partition coefficient (Wildman–Crippen LogP) is 2.12. The van der Waals surface area contributed by atoms with Crippen molar-refractivity contribution >= 4 is 17.5 Å². The third-order valence-corrected chi connectivity index (χ3v) is 3.07. The molecule has 92 valence electrons. The average molecular weight is 243 g/mol. The molecule has 2 heterocycles. The van der Waals surface area contributed by atoms with Crippen LogP contribution in [0.5, 0.6) is 0 Å². The fourth-order valence-corrected chi connectivity index (χ4v) is 2.26.